The lowest BCUT2D eigenvalue weighted by Gasteiger charge is -2.22. The van der Waals surface area contributed by atoms with Gasteiger partial charge in [0.2, 0.25) is 6.10 Å². The molecule has 1 N–H and O–H groups in total. The lowest BCUT2D eigenvalue weighted by Crippen LogP contribution is -2.44. The van der Waals surface area contributed by atoms with E-state index in [9.17, 15) is 31.1 Å². The third-order valence-electron chi connectivity index (χ3n) is 2.08. The Hall–Kier alpha value is -1.55. The maximum absolute atomic E-state index is 12.2. The standard InChI is InChI=1S/C11H8F6O3S/c12-10(13,14)9(11(15,16)17)20-4-7-3-6(5-21-7)1-2-8(18)19/h1-3,5,9H,4H2,(H,18,19)/b2-1+. The van der Waals surface area contributed by atoms with Crippen LogP contribution in [-0.4, -0.2) is 29.5 Å². The van der Waals surface area contributed by atoms with Crippen molar-refractivity contribution in [2.75, 3.05) is 0 Å². The largest absolute Gasteiger partial charge is 0.478 e. The molecule has 0 fully saturated rings. The number of halogens is 6. The Morgan fingerprint density at radius 2 is 1.86 bits per heavy atom. The van der Waals surface area contributed by atoms with Crippen molar-refractivity contribution >= 4 is 23.4 Å². The highest BCUT2D eigenvalue weighted by molar-refractivity contribution is 7.10. The van der Waals surface area contributed by atoms with E-state index in [1.165, 1.54) is 11.4 Å². The van der Waals surface area contributed by atoms with E-state index in [1.54, 1.807) is 0 Å². The minimum absolute atomic E-state index is 0.110. The Morgan fingerprint density at radius 1 is 1.29 bits per heavy atom. The van der Waals surface area contributed by atoms with Crippen LogP contribution in [0.25, 0.3) is 6.08 Å². The lowest BCUT2D eigenvalue weighted by molar-refractivity contribution is -0.324. The molecule has 1 aromatic heterocycles. The van der Waals surface area contributed by atoms with Crippen molar-refractivity contribution in [3.63, 3.8) is 0 Å². The van der Waals surface area contributed by atoms with Gasteiger partial charge >= 0.3 is 18.3 Å². The second-order valence-electron chi connectivity index (χ2n) is 3.79. The van der Waals surface area contributed by atoms with E-state index in [0.717, 1.165) is 23.5 Å². The predicted octanol–water partition coefficient (Wildman–Crippen LogP) is 3.86. The van der Waals surface area contributed by atoms with E-state index in [1.807, 2.05) is 0 Å². The van der Waals surface area contributed by atoms with Gasteiger partial charge in [0, 0.05) is 11.0 Å². The van der Waals surface area contributed by atoms with Crippen LogP contribution in [-0.2, 0) is 16.1 Å². The minimum atomic E-state index is -5.55. The molecule has 0 spiro atoms. The van der Waals surface area contributed by atoms with Crippen molar-refractivity contribution in [3.8, 4) is 0 Å². The van der Waals surface area contributed by atoms with Gasteiger partial charge in [0.05, 0.1) is 6.61 Å². The number of aliphatic carboxylic acids is 1. The smallest absolute Gasteiger partial charge is 0.423 e. The van der Waals surface area contributed by atoms with Crippen LogP contribution >= 0.6 is 11.3 Å². The van der Waals surface area contributed by atoms with E-state index in [4.69, 9.17) is 5.11 Å². The Kier molecular flexibility index (Phi) is 5.40. The minimum Gasteiger partial charge on any atom is -0.478 e. The van der Waals surface area contributed by atoms with Crippen LogP contribution < -0.4 is 0 Å². The molecule has 0 amide bonds. The first kappa shape index (κ1) is 17.5. The topological polar surface area (TPSA) is 46.5 Å². The molecule has 0 unspecified atom stereocenters. The molecule has 10 heteroatoms. The molecule has 0 aliphatic heterocycles. The van der Waals surface area contributed by atoms with E-state index < -0.39 is 31.0 Å². The van der Waals surface area contributed by atoms with Crippen LogP contribution in [0.15, 0.2) is 17.5 Å². The van der Waals surface area contributed by atoms with Gasteiger partial charge in [-0.3, -0.25) is 0 Å². The molecule has 0 aliphatic rings. The van der Waals surface area contributed by atoms with Crippen LogP contribution in [0.1, 0.15) is 10.4 Å². The van der Waals surface area contributed by atoms with Crippen molar-refractivity contribution in [1.29, 1.82) is 0 Å². The number of hydrogen-bond donors (Lipinski definition) is 1. The van der Waals surface area contributed by atoms with Gasteiger partial charge < -0.3 is 9.84 Å². The molecular weight excluding hydrogens is 326 g/mol. The summed E-state index contributed by atoms with van der Waals surface area (Å²) in [6.07, 6.45) is -13.0. The van der Waals surface area contributed by atoms with Crippen LogP contribution in [0.2, 0.25) is 0 Å². The first-order valence-electron chi connectivity index (χ1n) is 5.23. The monoisotopic (exact) mass is 334 g/mol. The van der Waals surface area contributed by atoms with Gasteiger partial charge in [0.1, 0.15) is 0 Å². The van der Waals surface area contributed by atoms with Crippen LogP contribution in [0.5, 0.6) is 0 Å². The maximum atomic E-state index is 12.2. The molecule has 1 aromatic rings. The summed E-state index contributed by atoms with van der Waals surface area (Å²) in [7, 11) is 0. The molecule has 0 atom stereocenters. The van der Waals surface area contributed by atoms with Crippen molar-refractivity contribution in [1.82, 2.24) is 0 Å². The molecule has 0 aromatic carbocycles. The van der Waals surface area contributed by atoms with Gasteiger partial charge in [-0.2, -0.15) is 26.3 Å². The SMILES string of the molecule is O=C(O)/C=C/c1csc(COC(C(F)(F)F)C(F)(F)F)c1. The Bertz CT molecular complexity index is 503. The van der Waals surface area contributed by atoms with E-state index in [2.05, 4.69) is 4.74 Å². The zero-order chi connectivity index (χ0) is 16.3. The highest BCUT2D eigenvalue weighted by atomic mass is 32.1. The third-order valence-corrected chi connectivity index (χ3v) is 3.01. The number of carboxylic acids is 1. The average molecular weight is 334 g/mol. The molecule has 0 saturated carbocycles. The molecule has 21 heavy (non-hydrogen) atoms. The van der Waals surface area contributed by atoms with Crippen LogP contribution in [0.3, 0.4) is 0 Å². The van der Waals surface area contributed by atoms with Crippen molar-refractivity contribution in [2.45, 2.75) is 25.1 Å². The number of carbonyl (C=O) groups is 1. The summed E-state index contributed by atoms with van der Waals surface area (Å²) in [6.45, 7) is -0.880. The number of carboxylic acid groups (broad SMARTS) is 1. The fourth-order valence-electron chi connectivity index (χ4n) is 1.27. The number of alkyl halides is 6. The van der Waals surface area contributed by atoms with Crippen molar-refractivity contribution in [2.24, 2.45) is 0 Å². The zero-order valence-corrected chi connectivity index (χ0v) is 10.9. The third kappa shape index (κ3) is 5.76. The molecule has 118 valence electrons. The van der Waals surface area contributed by atoms with E-state index in [-0.39, 0.29) is 4.88 Å². The van der Waals surface area contributed by atoms with E-state index >= 15 is 0 Å². The van der Waals surface area contributed by atoms with E-state index in [0.29, 0.717) is 5.56 Å². The average Bonchev–Trinajstić information content (AvgIpc) is 2.70. The molecule has 0 aliphatic carbocycles. The first-order chi connectivity index (χ1) is 9.50. The molecule has 1 rings (SSSR count). The molecule has 0 radical (unpaired) electrons. The Morgan fingerprint density at radius 3 is 2.33 bits per heavy atom. The van der Waals surface area contributed by atoms with Gasteiger partial charge in [-0.1, -0.05) is 0 Å². The highest BCUT2D eigenvalue weighted by Gasteiger charge is 2.57. The van der Waals surface area contributed by atoms with Gasteiger partial charge in [-0.25, -0.2) is 4.79 Å². The molecular formula is C11H8F6O3S. The molecule has 3 nitrogen and oxygen atoms in total. The summed E-state index contributed by atoms with van der Waals surface area (Å²) in [4.78, 5) is 10.4. The normalized spacial score (nSPS) is 13.3. The van der Waals surface area contributed by atoms with Gasteiger partial charge in [0.15, 0.2) is 0 Å². The zero-order valence-electron chi connectivity index (χ0n) is 10.0. The molecule has 1 heterocycles. The summed E-state index contributed by atoms with van der Waals surface area (Å²) in [5.74, 6) is -1.23. The number of rotatable bonds is 5. The number of thiophene rings is 1. The predicted molar refractivity (Wildman–Crippen MR) is 61.7 cm³/mol. The summed E-state index contributed by atoms with van der Waals surface area (Å²) in [5.41, 5.74) is 0.344. The summed E-state index contributed by atoms with van der Waals surface area (Å²) in [5, 5.41) is 9.76. The van der Waals surface area contributed by atoms with Crippen molar-refractivity contribution < 1.29 is 41.0 Å². The molecule has 0 saturated heterocycles. The Labute approximate surface area is 118 Å². The highest BCUT2D eigenvalue weighted by Crippen LogP contribution is 2.36. The van der Waals surface area contributed by atoms with Gasteiger partial charge in [-0.05, 0) is 23.1 Å². The molecule has 0 bridgehead atoms. The summed E-state index contributed by atoms with van der Waals surface area (Å²) >= 11 is 0.861. The second-order valence-corrected chi connectivity index (χ2v) is 4.79. The number of ether oxygens (including phenoxy) is 1. The lowest BCUT2D eigenvalue weighted by atomic mass is 10.3. The fourth-order valence-corrected chi connectivity index (χ4v) is 2.04. The van der Waals surface area contributed by atoms with Gasteiger partial charge in [0.25, 0.3) is 0 Å². The second kappa shape index (κ2) is 6.48. The quantitative estimate of drug-likeness (QED) is 0.657. The Balaban J connectivity index is 2.71. The summed E-state index contributed by atoms with van der Waals surface area (Å²) < 4.78 is 77.2. The fraction of sp³-hybridized carbons (Fsp3) is 0.364. The van der Waals surface area contributed by atoms with Crippen LogP contribution in [0.4, 0.5) is 26.3 Å². The summed E-state index contributed by atoms with van der Waals surface area (Å²) in [6, 6.07) is 1.24. The maximum Gasteiger partial charge on any atom is 0.423 e. The van der Waals surface area contributed by atoms with Crippen LogP contribution in [0, 0.1) is 0 Å². The van der Waals surface area contributed by atoms with Crippen molar-refractivity contribution in [3.05, 3.63) is 28.0 Å². The number of hydrogen-bond acceptors (Lipinski definition) is 3. The first-order valence-corrected chi connectivity index (χ1v) is 6.11. The van der Waals surface area contributed by atoms with Gasteiger partial charge in [-0.15, -0.1) is 11.3 Å².